The maximum Gasteiger partial charge on any atom is 0.230 e. The Kier molecular flexibility index (Phi) is 7.41. The number of rotatable bonds is 6. The van der Waals surface area contributed by atoms with E-state index in [1.165, 1.54) is 16.7 Å². The summed E-state index contributed by atoms with van der Waals surface area (Å²) in [4.78, 5) is 12.5. The van der Waals surface area contributed by atoms with E-state index in [1.807, 2.05) is 0 Å². The van der Waals surface area contributed by atoms with Gasteiger partial charge in [0.05, 0.1) is 12.4 Å². The van der Waals surface area contributed by atoms with Gasteiger partial charge in [-0.05, 0) is 44.6 Å². The molecular formula is C21H31NO3S. The number of nitrogens with one attached hydrogen (secondary N) is 1. The Hall–Kier alpha value is -1.04. The summed E-state index contributed by atoms with van der Waals surface area (Å²) >= 11 is 1.69. The van der Waals surface area contributed by atoms with Crippen LogP contribution in [0.25, 0.3) is 0 Å². The summed E-state index contributed by atoms with van der Waals surface area (Å²) in [6.07, 6.45) is 3.10. The molecule has 144 valence electrons. The first-order valence-electron chi connectivity index (χ1n) is 9.71. The molecule has 3 rings (SSSR count). The first kappa shape index (κ1) is 19.7. The lowest BCUT2D eigenvalue weighted by Gasteiger charge is -2.39. The number of ether oxygens (including phenoxy) is 2. The number of hydrogen-bond donors (Lipinski definition) is 1. The first-order valence-corrected chi connectivity index (χ1v) is 10.9. The lowest BCUT2D eigenvalue weighted by atomic mass is 9.79. The molecular weight excluding hydrogens is 346 g/mol. The Balaban J connectivity index is 1.46. The van der Waals surface area contributed by atoms with E-state index in [4.69, 9.17) is 9.47 Å². The lowest BCUT2D eigenvalue weighted by molar-refractivity contribution is -0.121. The fourth-order valence-corrected chi connectivity index (χ4v) is 4.98. The second-order valence-corrected chi connectivity index (χ2v) is 8.63. The molecule has 2 heterocycles. The molecule has 4 nitrogen and oxygen atoms in total. The molecule has 0 spiro atoms. The minimum atomic E-state index is 0.156. The van der Waals surface area contributed by atoms with Gasteiger partial charge in [-0.25, -0.2) is 0 Å². The van der Waals surface area contributed by atoms with E-state index in [9.17, 15) is 4.79 Å². The van der Waals surface area contributed by atoms with E-state index < -0.39 is 0 Å². The second kappa shape index (κ2) is 9.77. The molecule has 1 aromatic rings. The Bertz CT molecular complexity index is 581. The predicted octanol–water partition coefficient (Wildman–Crippen LogP) is 3.48. The number of hydrogen-bond acceptors (Lipinski definition) is 4. The van der Waals surface area contributed by atoms with Crippen LogP contribution in [0, 0.1) is 25.7 Å². The molecule has 2 fully saturated rings. The van der Waals surface area contributed by atoms with Crippen molar-refractivity contribution < 1.29 is 14.3 Å². The Morgan fingerprint density at radius 3 is 2.50 bits per heavy atom. The van der Waals surface area contributed by atoms with Gasteiger partial charge >= 0.3 is 0 Å². The smallest absolute Gasteiger partial charge is 0.230 e. The zero-order valence-corrected chi connectivity index (χ0v) is 16.8. The minimum Gasteiger partial charge on any atom is -0.381 e. The van der Waals surface area contributed by atoms with Crippen molar-refractivity contribution in [1.82, 2.24) is 5.32 Å². The minimum absolute atomic E-state index is 0.156. The zero-order valence-electron chi connectivity index (χ0n) is 16.0. The van der Waals surface area contributed by atoms with E-state index >= 15 is 0 Å². The van der Waals surface area contributed by atoms with Crippen LogP contribution in [0.4, 0.5) is 0 Å². The first-order chi connectivity index (χ1) is 12.6. The molecule has 2 atom stereocenters. The summed E-state index contributed by atoms with van der Waals surface area (Å²) in [7, 11) is 0. The largest absolute Gasteiger partial charge is 0.381 e. The summed E-state index contributed by atoms with van der Waals surface area (Å²) in [6, 6.07) is 6.85. The van der Waals surface area contributed by atoms with Crippen molar-refractivity contribution in [3.05, 3.63) is 34.9 Å². The van der Waals surface area contributed by atoms with E-state index in [0.717, 1.165) is 51.4 Å². The normalized spacial score (nSPS) is 24.4. The van der Waals surface area contributed by atoms with Crippen LogP contribution in [-0.4, -0.2) is 44.1 Å². The van der Waals surface area contributed by atoms with Crippen LogP contribution in [0.2, 0.25) is 0 Å². The molecule has 1 amide bonds. The number of benzene rings is 1. The van der Waals surface area contributed by atoms with E-state index in [1.54, 1.807) is 11.8 Å². The monoisotopic (exact) mass is 377 g/mol. The highest BCUT2D eigenvalue weighted by atomic mass is 32.2. The summed E-state index contributed by atoms with van der Waals surface area (Å²) in [6.45, 7) is 7.44. The predicted molar refractivity (Wildman–Crippen MR) is 106 cm³/mol. The van der Waals surface area contributed by atoms with E-state index in [-0.39, 0.29) is 11.9 Å². The van der Waals surface area contributed by atoms with Gasteiger partial charge in [-0.1, -0.05) is 29.3 Å². The maximum absolute atomic E-state index is 12.5. The van der Waals surface area contributed by atoms with Crippen molar-refractivity contribution in [3.63, 3.8) is 0 Å². The number of aryl methyl sites for hydroxylation is 2. The van der Waals surface area contributed by atoms with Crippen LogP contribution >= 0.6 is 11.8 Å². The van der Waals surface area contributed by atoms with Crippen molar-refractivity contribution in [2.45, 2.75) is 44.9 Å². The van der Waals surface area contributed by atoms with Gasteiger partial charge in [0.1, 0.15) is 0 Å². The van der Waals surface area contributed by atoms with Gasteiger partial charge < -0.3 is 14.8 Å². The van der Waals surface area contributed by atoms with Crippen LogP contribution < -0.4 is 5.32 Å². The average molecular weight is 378 g/mol. The summed E-state index contributed by atoms with van der Waals surface area (Å²) in [5.74, 6) is 2.60. The topological polar surface area (TPSA) is 47.6 Å². The molecule has 0 bridgehead atoms. The molecule has 0 radical (unpaired) electrons. The maximum atomic E-state index is 12.5. The van der Waals surface area contributed by atoms with Crippen molar-refractivity contribution >= 4 is 17.7 Å². The van der Waals surface area contributed by atoms with Crippen molar-refractivity contribution in [2.24, 2.45) is 11.8 Å². The highest BCUT2D eigenvalue weighted by Gasteiger charge is 2.34. The van der Waals surface area contributed by atoms with Crippen LogP contribution in [0.3, 0.4) is 0 Å². The lowest BCUT2D eigenvalue weighted by Crippen LogP contribution is -2.49. The molecule has 0 aromatic heterocycles. The molecule has 0 saturated carbocycles. The van der Waals surface area contributed by atoms with Crippen molar-refractivity contribution in [3.8, 4) is 0 Å². The molecule has 1 N–H and O–H groups in total. The van der Waals surface area contributed by atoms with E-state index in [2.05, 4.69) is 37.4 Å². The van der Waals surface area contributed by atoms with Gasteiger partial charge in [-0.2, -0.15) is 0 Å². The van der Waals surface area contributed by atoms with Gasteiger partial charge in [0, 0.05) is 37.5 Å². The number of amides is 1. The number of carbonyl (C=O) groups excluding carboxylic acids is 1. The average Bonchev–Trinajstić information content (AvgIpc) is 2.62. The van der Waals surface area contributed by atoms with Gasteiger partial charge in [0.15, 0.2) is 0 Å². The molecule has 5 heteroatoms. The highest BCUT2D eigenvalue weighted by molar-refractivity contribution is 7.99. The van der Waals surface area contributed by atoms with Gasteiger partial charge in [-0.3, -0.25) is 4.79 Å². The van der Waals surface area contributed by atoms with Crippen LogP contribution in [0.1, 0.15) is 36.0 Å². The van der Waals surface area contributed by atoms with Crippen LogP contribution in [0.5, 0.6) is 0 Å². The molecule has 1 aromatic carbocycles. The highest BCUT2D eigenvalue weighted by Crippen LogP contribution is 2.30. The van der Waals surface area contributed by atoms with E-state index in [0.29, 0.717) is 17.6 Å². The third-order valence-corrected chi connectivity index (χ3v) is 6.41. The standard InChI is InChI=1S/C21H31NO3S/c1-15-9-16(2)11-17(10-15)13-26-14-21(23)22-20-5-8-25-12-19(20)18-3-6-24-7-4-18/h9-11,18-20H,3-8,12-14H2,1-2H3,(H,22,23)/t19-,20-/m1/s1. The fourth-order valence-electron chi connectivity index (χ4n) is 4.21. The molecule has 2 saturated heterocycles. The molecule has 26 heavy (non-hydrogen) atoms. The van der Waals surface area contributed by atoms with Crippen molar-refractivity contribution in [2.75, 3.05) is 32.2 Å². The Morgan fingerprint density at radius 2 is 1.77 bits per heavy atom. The number of carbonyl (C=O) groups is 1. The van der Waals surface area contributed by atoms with Gasteiger partial charge in [-0.15, -0.1) is 11.8 Å². The summed E-state index contributed by atoms with van der Waals surface area (Å²) in [5, 5.41) is 3.29. The fraction of sp³-hybridized carbons (Fsp3) is 0.667. The number of thioether (sulfide) groups is 1. The quantitative estimate of drug-likeness (QED) is 0.824. The SMILES string of the molecule is Cc1cc(C)cc(CSCC(=O)N[C@@H]2CCOC[C@@H]2C2CCOCC2)c1. The molecule has 0 unspecified atom stereocenters. The Morgan fingerprint density at radius 1 is 1.08 bits per heavy atom. The van der Waals surface area contributed by atoms with Crippen LogP contribution in [0.15, 0.2) is 18.2 Å². The third-order valence-electron chi connectivity index (χ3n) is 5.40. The Labute approximate surface area is 161 Å². The third kappa shape index (κ3) is 5.73. The van der Waals surface area contributed by atoms with Gasteiger partial charge in [0.2, 0.25) is 5.91 Å². The second-order valence-electron chi connectivity index (χ2n) is 7.64. The summed E-state index contributed by atoms with van der Waals surface area (Å²) in [5.41, 5.74) is 3.87. The summed E-state index contributed by atoms with van der Waals surface area (Å²) < 4.78 is 11.2. The zero-order chi connectivity index (χ0) is 18.4. The molecule has 2 aliphatic heterocycles. The molecule has 0 aliphatic carbocycles. The van der Waals surface area contributed by atoms with Crippen molar-refractivity contribution in [1.29, 1.82) is 0 Å². The van der Waals surface area contributed by atoms with Gasteiger partial charge in [0.25, 0.3) is 0 Å². The molecule has 2 aliphatic rings. The van der Waals surface area contributed by atoms with Crippen LogP contribution in [-0.2, 0) is 20.0 Å².